The molecule has 2 heterocycles. The molecule has 0 amide bonds. The Kier molecular flexibility index (Phi) is 7.97. The summed E-state index contributed by atoms with van der Waals surface area (Å²) in [6, 6.07) is 15.8. The van der Waals surface area contributed by atoms with Gasteiger partial charge < -0.3 is 34.6 Å². The standard InChI is InChI=1S/C27H34N2O7/c1-15(2)29-22(18-7-5-6-16(3)12-18)20(13-17-8-10-19(34-4)11-9-17)26(28-29)36-27-25(33)24(32)23(31)21(14-30)35-27/h5-12,15,21,23-25,27,30-33H,13-14H2,1-4H3/t21-,23-,24+,25-,27+/m1/s1. The molecule has 36 heavy (non-hydrogen) atoms. The van der Waals surface area contributed by atoms with Crippen LogP contribution in [0, 0.1) is 6.92 Å². The van der Waals surface area contributed by atoms with Crippen molar-refractivity contribution in [1.82, 2.24) is 9.78 Å². The van der Waals surface area contributed by atoms with Gasteiger partial charge >= 0.3 is 0 Å². The molecule has 1 fully saturated rings. The van der Waals surface area contributed by atoms with Gasteiger partial charge in [-0.3, -0.25) is 4.68 Å². The van der Waals surface area contributed by atoms with E-state index in [1.165, 1.54) is 0 Å². The fraction of sp³-hybridized carbons (Fsp3) is 0.444. The third-order valence-electron chi connectivity index (χ3n) is 6.37. The minimum Gasteiger partial charge on any atom is -0.497 e. The van der Waals surface area contributed by atoms with E-state index in [0.717, 1.165) is 33.7 Å². The molecule has 2 aromatic carbocycles. The SMILES string of the molecule is COc1ccc(Cc2c(O[C@@H]3O[C@H](CO)[C@@H](O)[C@H](O)[C@H]3O)nn(C(C)C)c2-c2cccc(C)c2)cc1. The van der Waals surface area contributed by atoms with Gasteiger partial charge in [-0.2, -0.15) is 0 Å². The zero-order valence-corrected chi connectivity index (χ0v) is 20.9. The van der Waals surface area contributed by atoms with Crippen molar-refractivity contribution in [2.75, 3.05) is 13.7 Å². The molecule has 4 rings (SSSR count). The summed E-state index contributed by atoms with van der Waals surface area (Å²) < 4.78 is 18.8. The van der Waals surface area contributed by atoms with E-state index in [9.17, 15) is 20.4 Å². The summed E-state index contributed by atoms with van der Waals surface area (Å²) in [5.74, 6) is 0.980. The van der Waals surface area contributed by atoms with Crippen LogP contribution in [-0.4, -0.2) is 74.6 Å². The summed E-state index contributed by atoms with van der Waals surface area (Å²) in [6.45, 7) is 5.51. The number of aliphatic hydroxyl groups is 4. The van der Waals surface area contributed by atoms with Crippen molar-refractivity contribution in [3.05, 3.63) is 65.2 Å². The highest BCUT2D eigenvalue weighted by Gasteiger charge is 2.45. The number of ether oxygens (including phenoxy) is 3. The first-order valence-corrected chi connectivity index (χ1v) is 12.0. The van der Waals surface area contributed by atoms with Crippen molar-refractivity contribution >= 4 is 0 Å². The van der Waals surface area contributed by atoms with Crippen LogP contribution in [0.5, 0.6) is 11.6 Å². The van der Waals surface area contributed by atoms with Crippen LogP contribution in [0.4, 0.5) is 0 Å². The predicted octanol–water partition coefficient (Wildman–Crippen LogP) is 2.22. The van der Waals surface area contributed by atoms with Crippen LogP contribution in [-0.2, 0) is 11.2 Å². The number of nitrogens with zero attached hydrogens (tertiary/aromatic N) is 2. The molecular formula is C27H34N2O7. The molecular weight excluding hydrogens is 464 g/mol. The third-order valence-corrected chi connectivity index (χ3v) is 6.37. The number of aliphatic hydroxyl groups excluding tert-OH is 4. The summed E-state index contributed by atoms with van der Waals surface area (Å²) >= 11 is 0. The van der Waals surface area contributed by atoms with E-state index < -0.39 is 37.3 Å². The molecule has 5 atom stereocenters. The van der Waals surface area contributed by atoms with Gasteiger partial charge in [-0.1, -0.05) is 35.9 Å². The molecule has 4 N–H and O–H groups in total. The van der Waals surface area contributed by atoms with Crippen molar-refractivity contribution in [3.8, 4) is 22.9 Å². The molecule has 0 unspecified atom stereocenters. The number of hydrogen-bond acceptors (Lipinski definition) is 8. The molecule has 0 spiro atoms. The van der Waals surface area contributed by atoms with E-state index in [1.807, 2.05) is 67.9 Å². The highest BCUT2D eigenvalue weighted by Crippen LogP contribution is 2.37. The van der Waals surface area contributed by atoms with Crippen LogP contribution in [0.1, 0.15) is 36.6 Å². The van der Waals surface area contributed by atoms with Gasteiger partial charge in [0, 0.05) is 23.6 Å². The van der Waals surface area contributed by atoms with Crippen LogP contribution >= 0.6 is 0 Å². The second-order valence-electron chi connectivity index (χ2n) is 9.38. The average Bonchev–Trinajstić information content (AvgIpc) is 3.22. The van der Waals surface area contributed by atoms with Crippen molar-refractivity contribution < 1.29 is 34.6 Å². The Labute approximate surface area is 210 Å². The molecule has 1 saturated heterocycles. The largest absolute Gasteiger partial charge is 0.497 e. The van der Waals surface area contributed by atoms with Gasteiger partial charge in [0.1, 0.15) is 30.2 Å². The van der Waals surface area contributed by atoms with E-state index >= 15 is 0 Å². The molecule has 1 aliphatic heterocycles. The van der Waals surface area contributed by atoms with Crippen molar-refractivity contribution in [3.63, 3.8) is 0 Å². The van der Waals surface area contributed by atoms with Gasteiger partial charge in [-0.15, -0.1) is 5.10 Å². The lowest BCUT2D eigenvalue weighted by Crippen LogP contribution is -2.60. The Morgan fingerprint density at radius 3 is 2.36 bits per heavy atom. The van der Waals surface area contributed by atoms with Crippen LogP contribution in [0.25, 0.3) is 11.3 Å². The number of aryl methyl sites for hydroxylation is 1. The minimum atomic E-state index is -1.55. The average molecular weight is 499 g/mol. The zero-order valence-electron chi connectivity index (χ0n) is 20.9. The third kappa shape index (κ3) is 5.25. The normalized spacial score (nSPS) is 24.2. The van der Waals surface area contributed by atoms with Gasteiger partial charge in [-0.05, 0) is 44.5 Å². The number of aromatic nitrogens is 2. The van der Waals surface area contributed by atoms with Crippen molar-refractivity contribution in [1.29, 1.82) is 0 Å². The van der Waals surface area contributed by atoms with Gasteiger partial charge in [0.15, 0.2) is 0 Å². The second kappa shape index (κ2) is 11.0. The summed E-state index contributed by atoms with van der Waals surface area (Å²) in [7, 11) is 1.62. The number of rotatable bonds is 8. The maximum Gasteiger partial charge on any atom is 0.239 e. The van der Waals surface area contributed by atoms with Gasteiger partial charge in [0.2, 0.25) is 12.2 Å². The summed E-state index contributed by atoms with van der Waals surface area (Å²) in [5.41, 5.74) is 4.69. The molecule has 0 radical (unpaired) electrons. The first kappa shape index (κ1) is 26.1. The summed E-state index contributed by atoms with van der Waals surface area (Å²) in [6.07, 6.45) is -6.51. The molecule has 0 saturated carbocycles. The fourth-order valence-corrected chi connectivity index (χ4v) is 4.40. The highest BCUT2D eigenvalue weighted by atomic mass is 16.7. The Balaban J connectivity index is 1.80. The van der Waals surface area contributed by atoms with E-state index in [1.54, 1.807) is 7.11 Å². The molecule has 0 bridgehead atoms. The first-order valence-electron chi connectivity index (χ1n) is 12.0. The molecule has 1 aliphatic rings. The predicted molar refractivity (Wildman–Crippen MR) is 133 cm³/mol. The Morgan fingerprint density at radius 1 is 1.03 bits per heavy atom. The number of benzene rings is 2. The molecule has 0 aliphatic carbocycles. The van der Waals surface area contributed by atoms with Gasteiger partial charge in [0.25, 0.3) is 0 Å². The van der Waals surface area contributed by atoms with Gasteiger partial charge in [-0.25, -0.2) is 0 Å². The van der Waals surface area contributed by atoms with E-state index in [2.05, 4.69) is 6.07 Å². The maximum atomic E-state index is 10.6. The Morgan fingerprint density at radius 2 is 1.75 bits per heavy atom. The molecule has 1 aromatic heterocycles. The van der Waals surface area contributed by atoms with Crippen LogP contribution in [0.15, 0.2) is 48.5 Å². The Hall–Kier alpha value is -2.95. The molecule has 194 valence electrons. The van der Waals surface area contributed by atoms with Crippen LogP contribution < -0.4 is 9.47 Å². The lowest BCUT2D eigenvalue weighted by molar-refractivity contribution is -0.278. The number of hydrogen-bond donors (Lipinski definition) is 4. The molecule has 9 nitrogen and oxygen atoms in total. The molecule has 9 heteroatoms. The second-order valence-corrected chi connectivity index (χ2v) is 9.38. The topological polar surface area (TPSA) is 126 Å². The first-order chi connectivity index (χ1) is 17.2. The van der Waals surface area contributed by atoms with Crippen molar-refractivity contribution in [2.45, 2.75) is 63.9 Å². The number of methoxy groups -OCH3 is 1. The lowest BCUT2D eigenvalue weighted by Gasteiger charge is -2.39. The fourth-order valence-electron chi connectivity index (χ4n) is 4.40. The maximum absolute atomic E-state index is 10.6. The Bertz CT molecular complexity index is 1160. The van der Waals surface area contributed by atoms with Crippen LogP contribution in [0.3, 0.4) is 0 Å². The smallest absolute Gasteiger partial charge is 0.239 e. The lowest BCUT2D eigenvalue weighted by atomic mass is 9.98. The van der Waals surface area contributed by atoms with E-state index in [0.29, 0.717) is 6.42 Å². The highest BCUT2D eigenvalue weighted by molar-refractivity contribution is 5.67. The van der Waals surface area contributed by atoms with Gasteiger partial charge in [0.05, 0.1) is 19.4 Å². The molecule has 3 aromatic rings. The minimum absolute atomic E-state index is 0.0118. The van der Waals surface area contributed by atoms with Crippen LogP contribution in [0.2, 0.25) is 0 Å². The van der Waals surface area contributed by atoms with E-state index in [-0.39, 0.29) is 11.9 Å². The summed E-state index contributed by atoms with van der Waals surface area (Å²) in [5, 5.41) is 45.3. The quantitative estimate of drug-likeness (QED) is 0.373. The van der Waals surface area contributed by atoms with E-state index in [4.69, 9.17) is 19.3 Å². The summed E-state index contributed by atoms with van der Waals surface area (Å²) in [4.78, 5) is 0. The van der Waals surface area contributed by atoms with Crippen molar-refractivity contribution in [2.24, 2.45) is 0 Å². The zero-order chi connectivity index (χ0) is 26.0. The monoisotopic (exact) mass is 498 g/mol.